The molecule has 2 amide bonds. The zero-order valence-electron chi connectivity index (χ0n) is 16.6. The molecule has 5 rings (SSSR count). The van der Waals surface area contributed by atoms with E-state index >= 15 is 0 Å². The van der Waals surface area contributed by atoms with Crippen molar-refractivity contribution in [2.45, 2.75) is 6.92 Å². The van der Waals surface area contributed by atoms with E-state index in [1.54, 1.807) is 23.5 Å². The Morgan fingerprint density at radius 1 is 1.13 bits per heavy atom. The van der Waals surface area contributed by atoms with E-state index in [1.165, 1.54) is 0 Å². The molecule has 9 heteroatoms. The maximum Gasteiger partial charge on any atom is 0.321 e. The minimum Gasteiger partial charge on any atom is -0.494 e. The molecular weight excluding hydrogens is 404 g/mol. The number of ether oxygens (including phenoxy) is 3. The van der Waals surface area contributed by atoms with E-state index in [4.69, 9.17) is 19.2 Å². The van der Waals surface area contributed by atoms with Crippen molar-refractivity contribution in [1.29, 1.82) is 0 Å². The molecule has 2 aliphatic heterocycles. The lowest BCUT2D eigenvalue weighted by Gasteiger charge is -2.34. The zero-order valence-corrected chi connectivity index (χ0v) is 17.4. The molecule has 0 bridgehead atoms. The van der Waals surface area contributed by atoms with Gasteiger partial charge in [-0.2, -0.15) is 0 Å². The number of carbonyl (C=O) groups excluding carboxylic acids is 1. The number of anilines is 2. The van der Waals surface area contributed by atoms with Crippen LogP contribution < -0.4 is 24.4 Å². The Morgan fingerprint density at radius 3 is 2.80 bits per heavy atom. The molecule has 30 heavy (non-hydrogen) atoms. The molecule has 8 nitrogen and oxygen atoms in total. The molecule has 0 radical (unpaired) electrons. The summed E-state index contributed by atoms with van der Waals surface area (Å²) in [6.07, 6.45) is 0. The van der Waals surface area contributed by atoms with Crippen LogP contribution in [0.5, 0.6) is 17.2 Å². The van der Waals surface area contributed by atoms with Crippen LogP contribution in [0.3, 0.4) is 0 Å². The monoisotopic (exact) mass is 426 g/mol. The minimum atomic E-state index is -0.112. The second kappa shape index (κ2) is 7.91. The quantitative estimate of drug-likeness (QED) is 0.684. The van der Waals surface area contributed by atoms with Gasteiger partial charge in [0, 0.05) is 37.9 Å². The lowest BCUT2D eigenvalue weighted by molar-refractivity contribution is 0.174. The van der Waals surface area contributed by atoms with E-state index in [0.717, 1.165) is 34.2 Å². The Hall–Kier alpha value is -3.20. The number of hydrogen-bond acceptors (Lipinski definition) is 7. The van der Waals surface area contributed by atoms with Gasteiger partial charge in [0.25, 0.3) is 0 Å². The van der Waals surface area contributed by atoms with Crippen molar-refractivity contribution in [2.24, 2.45) is 0 Å². The van der Waals surface area contributed by atoms with Crippen molar-refractivity contribution in [3.63, 3.8) is 0 Å². The third-order valence-electron chi connectivity index (χ3n) is 5.12. The molecule has 1 aromatic heterocycles. The third kappa shape index (κ3) is 3.68. The summed E-state index contributed by atoms with van der Waals surface area (Å²) in [5.74, 6) is 2.22. The summed E-state index contributed by atoms with van der Waals surface area (Å²) in [5.41, 5.74) is 1.67. The van der Waals surface area contributed by atoms with Crippen LogP contribution >= 0.6 is 11.3 Å². The second-order valence-electron chi connectivity index (χ2n) is 7.03. The van der Waals surface area contributed by atoms with Crippen LogP contribution in [0.1, 0.15) is 6.92 Å². The summed E-state index contributed by atoms with van der Waals surface area (Å²) < 4.78 is 17.4. The number of nitrogens with one attached hydrogen (secondary N) is 1. The fourth-order valence-electron chi connectivity index (χ4n) is 3.56. The predicted molar refractivity (Wildman–Crippen MR) is 116 cm³/mol. The highest BCUT2D eigenvalue weighted by molar-refractivity contribution is 7.22. The lowest BCUT2D eigenvalue weighted by Crippen LogP contribution is -2.50. The van der Waals surface area contributed by atoms with E-state index in [0.29, 0.717) is 36.9 Å². The van der Waals surface area contributed by atoms with Crippen molar-refractivity contribution >= 4 is 38.4 Å². The Kier molecular flexibility index (Phi) is 4.96. The van der Waals surface area contributed by atoms with E-state index in [-0.39, 0.29) is 12.8 Å². The summed E-state index contributed by atoms with van der Waals surface area (Å²) in [5, 5.41) is 3.92. The van der Waals surface area contributed by atoms with Crippen molar-refractivity contribution in [3.05, 3.63) is 36.4 Å². The summed E-state index contributed by atoms with van der Waals surface area (Å²) >= 11 is 1.66. The van der Waals surface area contributed by atoms with Crippen molar-refractivity contribution in [1.82, 2.24) is 9.88 Å². The first kappa shape index (κ1) is 18.8. The topological polar surface area (TPSA) is 76.2 Å². The highest BCUT2D eigenvalue weighted by Crippen LogP contribution is 2.34. The number of hydrogen-bond donors (Lipinski definition) is 1. The molecule has 3 aromatic rings. The number of benzene rings is 2. The van der Waals surface area contributed by atoms with Gasteiger partial charge < -0.3 is 29.3 Å². The lowest BCUT2D eigenvalue weighted by atomic mass is 10.3. The molecule has 3 heterocycles. The van der Waals surface area contributed by atoms with Crippen LogP contribution in [0.15, 0.2) is 36.4 Å². The van der Waals surface area contributed by atoms with Crippen molar-refractivity contribution in [3.8, 4) is 17.2 Å². The number of carbonyl (C=O) groups is 1. The number of aromatic nitrogens is 1. The molecule has 0 saturated carbocycles. The van der Waals surface area contributed by atoms with Gasteiger partial charge in [-0.3, -0.25) is 0 Å². The van der Waals surface area contributed by atoms with E-state index < -0.39 is 0 Å². The van der Waals surface area contributed by atoms with E-state index in [9.17, 15) is 4.79 Å². The van der Waals surface area contributed by atoms with E-state index in [1.807, 2.05) is 36.1 Å². The molecule has 0 atom stereocenters. The number of thiazole rings is 1. The van der Waals surface area contributed by atoms with Crippen LogP contribution in [0.4, 0.5) is 15.6 Å². The summed E-state index contributed by atoms with van der Waals surface area (Å²) in [4.78, 5) is 21.5. The maximum atomic E-state index is 12.6. The average Bonchev–Trinajstić information content (AvgIpc) is 3.40. The first-order valence-corrected chi connectivity index (χ1v) is 10.7. The van der Waals surface area contributed by atoms with Gasteiger partial charge in [-0.25, -0.2) is 9.78 Å². The first-order valence-electron chi connectivity index (χ1n) is 9.93. The normalized spacial score (nSPS) is 15.5. The molecule has 2 aromatic carbocycles. The molecule has 1 N–H and O–H groups in total. The predicted octanol–water partition coefficient (Wildman–Crippen LogP) is 3.78. The van der Waals surface area contributed by atoms with Gasteiger partial charge in [0.2, 0.25) is 6.79 Å². The van der Waals surface area contributed by atoms with Crippen LogP contribution in [0.2, 0.25) is 0 Å². The third-order valence-corrected chi connectivity index (χ3v) is 6.20. The van der Waals surface area contributed by atoms with Crippen molar-refractivity contribution in [2.75, 3.05) is 49.8 Å². The number of fused-ring (bicyclic) bond motifs is 2. The Balaban J connectivity index is 1.20. The van der Waals surface area contributed by atoms with Gasteiger partial charge in [-0.05, 0) is 37.3 Å². The van der Waals surface area contributed by atoms with Crippen LogP contribution in [0.25, 0.3) is 10.2 Å². The molecule has 1 saturated heterocycles. The molecule has 0 spiro atoms. The number of piperazine rings is 1. The largest absolute Gasteiger partial charge is 0.494 e. The molecule has 0 unspecified atom stereocenters. The number of amides is 2. The molecule has 1 fully saturated rings. The van der Waals surface area contributed by atoms with Gasteiger partial charge in [-0.1, -0.05) is 11.3 Å². The summed E-state index contributed by atoms with van der Waals surface area (Å²) in [7, 11) is 0. The van der Waals surface area contributed by atoms with Gasteiger partial charge in [0.15, 0.2) is 16.6 Å². The van der Waals surface area contributed by atoms with Crippen LogP contribution in [0, 0.1) is 0 Å². The fourth-order valence-corrected chi connectivity index (χ4v) is 4.61. The standard InChI is InChI=1S/C21H22N4O4S/c1-2-27-15-4-5-16-19(12-15)30-21(23-16)25-9-7-24(8-10-25)20(26)22-14-3-6-17-18(11-14)29-13-28-17/h3-6,11-12H,2,7-10,13H2,1H3,(H,22,26). The van der Waals surface area contributed by atoms with Gasteiger partial charge in [0.05, 0.1) is 16.8 Å². The van der Waals surface area contributed by atoms with Gasteiger partial charge >= 0.3 is 6.03 Å². The molecule has 2 aliphatic rings. The Morgan fingerprint density at radius 2 is 1.97 bits per heavy atom. The fraction of sp³-hybridized carbons (Fsp3) is 0.333. The summed E-state index contributed by atoms with van der Waals surface area (Å²) in [6.45, 7) is 5.59. The first-order chi connectivity index (χ1) is 14.7. The Labute approximate surface area is 178 Å². The molecule has 156 valence electrons. The number of rotatable bonds is 4. The smallest absolute Gasteiger partial charge is 0.321 e. The summed E-state index contributed by atoms with van der Waals surface area (Å²) in [6, 6.07) is 11.3. The minimum absolute atomic E-state index is 0.112. The van der Waals surface area contributed by atoms with Gasteiger partial charge in [0.1, 0.15) is 5.75 Å². The highest BCUT2D eigenvalue weighted by atomic mass is 32.1. The SMILES string of the molecule is CCOc1ccc2nc(N3CCN(C(=O)Nc4ccc5c(c4)OCO5)CC3)sc2c1. The average molecular weight is 426 g/mol. The number of nitrogens with zero attached hydrogens (tertiary/aromatic N) is 3. The Bertz CT molecular complexity index is 1080. The van der Waals surface area contributed by atoms with E-state index in [2.05, 4.69) is 10.2 Å². The highest BCUT2D eigenvalue weighted by Gasteiger charge is 2.24. The molecular formula is C21H22N4O4S. The van der Waals surface area contributed by atoms with Gasteiger partial charge in [-0.15, -0.1) is 0 Å². The maximum absolute atomic E-state index is 12.6. The van der Waals surface area contributed by atoms with Crippen molar-refractivity contribution < 1.29 is 19.0 Å². The second-order valence-corrected chi connectivity index (χ2v) is 8.04. The molecule has 0 aliphatic carbocycles. The van der Waals surface area contributed by atoms with Crippen LogP contribution in [-0.4, -0.2) is 55.5 Å². The van der Waals surface area contributed by atoms with Crippen LogP contribution in [-0.2, 0) is 0 Å². The number of urea groups is 1. The zero-order chi connectivity index (χ0) is 20.5.